The molecule has 0 saturated heterocycles. The summed E-state index contributed by atoms with van der Waals surface area (Å²) < 4.78 is 51.2. The van der Waals surface area contributed by atoms with Crippen molar-refractivity contribution in [2.24, 2.45) is 0 Å². The number of hydrogen-bond acceptors (Lipinski definition) is 32. The maximum atomic E-state index is 14.0. The van der Waals surface area contributed by atoms with E-state index in [1.54, 1.807) is 211 Å². The number of benzene rings is 8. The molecule has 20 rings (SSSR count). The largest absolute Gasteiger partial charge is 0.454 e. The lowest BCUT2D eigenvalue weighted by atomic mass is 9.98. The number of aliphatic hydroxyl groups excluding tert-OH is 8. The third-order valence-electron chi connectivity index (χ3n) is 28.5. The van der Waals surface area contributed by atoms with Crippen LogP contribution in [0.15, 0.2) is 141 Å². The minimum absolute atomic E-state index is 0.0117. The van der Waals surface area contributed by atoms with Gasteiger partial charge in [0.2, 0.25) is 50.8 Å². The summed E-state index contributed by atoms with van der Waals surface area (Å²) in [5, 5.41) is 89.4. The van der Waals surface area contributed by atoms with Gasteiger partial charge in [-0.2, -0.15) is 47.0 Å². The summed E-state index contributed by atoms with van der Waals surface area (Å²) in [6, 6.07) is 28.1. The highest BCUT2D eigenvalue weighted by Gasteiger charge is 2.31. The Morgan fingerprint density at radius 3 is 0.813 bits per heavy atom. The van der Waals surface area contributed by atoms with Crippen molar-refractivity contribution in [1.82, 2.24) is 57.8 Å². The molecule has 0 saturated carbocycles. The molecular weight excluding hydrogens is 2000 g/mol. The molecule has 1 atom stereocenters. The molecule has 0 aliphatic carbocycles. The number of hydrogen-bond donors (Lipinski definition) is 8. The lowest BCUT2D eigenvalue weighted by Crippen LogP contribution is -2.34. The number of carbonyl (C=O) groups excluding carboxylic acids is 4. The van der Waals surface area contributed by atoms with Crippen molar-refractivity contribution < 1.29 is 97.9 Å². The number of likely N-dealkylation sites (N-methyl/N-ethyl adjacent to an activating group) is 4. The van der Waals surface area contributed by atoms with Crippen molar-refractivity contribution in [3.63, 3.8) is 0 Å². The van der Waals surface area contributed by atoms with Gasteiger partial charge in [0.15, 0.2) is 46.0 Å². The number of aliphatic hydroxyl groups is 8. The van der Waals surface area contributed by atoms with Crippen LogP contribution in [-0.2, 0) is 98.2 Å². The number of ether oxygens (including phenoxy) is 8. The van der Waals surface area contributed by atoms with E-state index in [9.17, 15) is 79.2 Å². The summed E-state index contributed by atoms with van der Waals surface area (Å²) >= 11 is 6.79. The van der Waals surface area contributed by atoms with Crippen molar-refractivity contribution in [1.29, 1.82) is 0 Å². The number of aromatic nitrogens is 8. The average Bonchev–Trinajstić information content (AvgIpc) is 0.956. The van der Waals surface area contributed by atoms with E-state index in [0.717, 1.165) is 73.9 Å². The summed E-state index contributed by atoms with van der Waals surface area (Å²) in [6.45, 7) is 7.06. The predicted octanol–water partition coefficient (Wildman–Crippen LogP) is 12.8. The van der Waals surface area contributed by atoms with Gasteiger partial charge in [-0.05, 0) is 189 Å². The van der Waals surface area contributed by atoms with E-state index in [1.165, 1.54) is 0 Å². The first-order valence-electron chi connectivity index (χ1n) is 49.2. The number of amides is 4. The maximum absolute atomic E-state index is 14.0. The van der Waals surface area contributed by atoms with Gasteiger partial charge in [0.05, 0.1) is 97.0 Å². The molecule has 8 aromatic heterocycles. The normalized spacial score (nSPS) is 13.0. The van der Waals surface area contributed by atoms with Crippen molar-refractivity contribution in [3.8, 4) is 46.0 Å². The molecular formula is C110H120N12O24S4. The summed E-state index contributed by atoms with van der Waals surface area (Å²) in [6.07, 6.45) is 19.1. The molecule has 16 aromatic rings. The Labute approximate surface area is 877 Å². The quantitative estimate of drug-likeness (QED) is 0.0135. The minimum atomic E-state index is -0.299. The number of carbonyl (C=O) groups is 4. The Morgan fingerprint density at radius 1 is 0.327 bits per heavy atom. The number of pyridine rings is 8. The molecule has 8 N–H and O–H groups in total. The van der Waals surface area contributed by atoms with Crippen LogP contribution in [0, 0.1) is 0 Å². The molecule has 0 fully saturated rings. The number of nitrogens with zero attached hydrogens (tertiary/aromatic N) is 12. The zero-order valence-corrected chi connectivity index (χ0v) is 88.5. The van der Waals surface area contributed by atoms with Gasteiger partial charge in [-0.3, -0.25) is 58.3 Å². The SMILES string of the molecule is CSC(C)(C)CCC(=O)N(C)CCn1c(=O)c2cc(CO)c(CO)cc2c2cnc3cc4c(cc3c21)OCO4.CSC(C)CCC(=O)N(C)CCn1c(=O)c2cc(CO)c(CO)cc2c2cnc3cc4c(cc3c21)OCO4.CSCCC(=O)N(C)CCn1c(=O)c2cc(CO)c(CO)cc2c2cnc3cc4c(cc3c21)OCO4.CSCCCC(=O)N(C)CCn1c(=O)c2cc(CO)c(CO)cc2c2cnc3cc4c(cc3c21)OCO4. The van der Waals surface area contributed by atoms with Crippen LogP contribution in [0.5, 0.6) is 46.0 Å². The highest BCUT2D eigenvalue weighted by atomic mass is 32.2. The zero-order chi connectivity index (χ0) is 106. The average molecular weight is 2120 g/mol. The van der Waals surface area contributed by atoms with Crippen molar-refractivity contribution in [2.45, 2.75) is 155 Å². The molecule has 0 spiro atoms. The van der Waals surface area contributed by atoms with Crippen LogP contribution in [0.1, 0.15) is 110 Å². The maximum Gasteiger partial charge on any atom is 0.259 e. The molecule has 0 radical (unpaired) electrons. The second-order valence-electron chi connectivity index (χ2n) is 37.9. The molecule has 0 bridgehead atoms. The second kappa shape index (κ2) is 47.0. The smallest absolute Gasteiger partial charge is 0.259 e. The third-order valence-corrected chi connectivity index (χ3v) is 32.1. The minimum Gasteiger partial charge on any atom is -0.454 e. The van der Waals surface area contributed by atoms with Crippen LogP contribution in [0.25, 0.3) is 130 Å². The highest BCUT2D eigenvalue weighted by Crippen LogP contribution is 2.46. The van der Waals surface area contributed by atoms with E-state index < -0.39 is 0 Å². The van der Waals surface area contributed by atoms with E-state index in [4.69, 9.17) is 37.9 Å². The first-order valence-corrected chi connectivity index (χ1v) is 54.5. The molecule has 12 heterocycles. The molecule has 4 amide bonds. The van der Waals surface area contributed by atoms with E-state index in [1.807, 2.05) is 49.3 Å². The Morgan fingerprint density at radius 2 is 0.567 bits per heavy atom. The van der Waals surface area contributed by atoms with E-state index >= 15 is 0 Å². The number of thioether (sulfide) groups is 4. The molecule has 40 heteroatoms. The Balaban J connectivity index is 0.000000136. The molecule has 8 aromatic carbocycles. The zero-order valence-electron chi connectivity index (χ0n) is 85.2. The van der Waals surface area contributed by atoms with Crippen LogP contribution in [0.4, 0.5) is 0 Å². The van der Waals surface area contributed by atoms with Gasteiger partial charge in [-0.25, -0.2) is 0 Å². The topological polar surface area (TPSA) is 456 Å². The van der Waals surface area contributed by atoms with Gasteiger partial charge in [-0.15, -0.1) is 0 Å². The second-order valence-corrected chi connectivity index (χ2v) is 42.6. The molecule has 36 nitrogen and oxygen atoms in total. The first kappa shape index (κ1) is 108. The fourth-order valence-electron chi connectivity index (χ4n) is 19.4. The van der Waals surface area contributed by atoms with Crippen LogP contribution < -0.4 is 60.1 Å². The standard InChI is InChI=1S/C29H33N3O6S.C28H31N3O6S.C27H29N3O6S.C26H27N3O6S/c1-29(2,39-4)6-5-26(35)31(3)7-8-32-27-21-11-24-25(38-16-37-24)12-23(21)30-13-22(27)19-9-17(14-33)18(15-34)10-20(19)28(32)36;1-16(38-3)4-5-26(34)30(2)6-7-31-27-21-10-24-25(37-15-36-24)11-23(21)29-12-22(27)19-8-17(13-32)18(14-33)9-20(19)28(31)35;1-29(25(33)4-3-7-37-2)5-6-30-26-20-10-23-24(36-15-35-23)11-22(20)28-12-21(26)18-8-16(13-31)17(14-32)9-19(18)27(30)34;1-28(24(32)3-6-36-2)4-5-29-25-19-9-22-23(35-14-34-22)10-21(19)27-11-20(25)17-7-15(12-30)16(13-31)8-18(17)26(29)33/h9-13,33-34H,5-8,14-16H2,1-4H3;8-12,16,32-33H,4-7,13-15H2,1-3H3;8-12,31-32H,3-7,13-15H2,1-2H3;7-11,30-31H,3-6,12-14H2,1-2H3. The van der Waals surface area contributed by atoms with E-state index in [0.29, 0.717) is 235 Å². The summed E-state index contributed by atoms with van der Waals surface area (Å²) in [5.74, 6) is 6.48. The lowest BCUT2D eigenvalue weighted by molar-refractivity contribution is -0.130. The van der Waals surface area contributed by atoms with Gasteiger partial charge in [0.1, 0.15) is 0 Å². The molecule has 1 unspecified atom stereocenters. The summed E-state index contributed by atoms with van der Waals surface area (Å²) in [5.41, 5.74) is 8.49. The van der Waals surface area contributed by atoms with Gasteiger partial charge < -0.3 is 117 Å². The van der Waals surface area contributed by atoms with Gasteiger partial charge in [0.25, 0.3) is 22.2 Å². The number of rotatable bonds is 35. The molecule has 4 aliphatic rings. The Hall–Kier alpha value is -13.4. The van der Waals surface area contributed by atoms with Gasteiger partial charge in [-0.1, -0.05) is 20.8 Å². The van der Waals surface area contributed by atoms with Gasteiger partial charge >= 0.3 is 0 Å². The molecule has 150 heavy (non-hydrogen) atoms. The van der Waals surface area contributed by atoms with Crippen LogP contribution in [0.3, 0.4) is 0 Å². The Kier molecular flexibility index (Phi) is 33.8. The number of fused-ring (bicyclic) bond motifs is 24. The first-order chi connectivity index (χ1) is 72.4. The fourth-order valence-corrected chi connectivity index (χ4v) is 20.8. The molecule has 788 valence electrons. The van der Waals surface area contributed by atoms with Crippen molar-refractivity contribution in [3.05, 3.63) is 208 Å². The lowest BCUT2D eigenvalue weighted by Gasteiger charge is -2.24. The predicted molar refractivity (Wildman–Crippen MR) is 586 cm³/mol. The highest BCUT2D eigenvalue weighted by molar-refractivity contribution is 8.00. The van der Waals surface area contributed by atoms with E-state index in [-0.39, 0.29) is 157 Å². The third kappa shape index (κ3) is 21.9. The summed E-state index contributed by atoms with van der Waals surface area (Å²) in [7, 11) is 7.02. The van der Waals surface area contributed by atoms with E-state index in [2.05, 4.69) is 40.7 Å². The Bertz CT molecular complexity index is 8270. The van der Waals surface area contributed by atoms with Crippen LogP contribution in [0.2, 0.25) is 0 Å². The van der Waals surface area contributed by atoms with Crippen molar-refractivity contribution in [2.75, 3.05) is 118 Å². The fraction of sp³-hybridized carbons (Fsp3) is 0.382. The van der Waals surface area contributed by atoms with Crippen molar-refractivity contribution >= 4 is 201 Å². The van der Waals surface area contributed by atoms with Crippen LogP contribution in [-0.4, -0.2) is 250 Å². The van der Waals surface area contributed by atoms with Crippen LogP contribution >= 0.6 is 47.0 Å². The monoisotopic (exact) mass is 2120 g/mol. The summed E-state index contributed by atoms with van der Waals surface area (Å²) in [4.78, 5) is 132. The molecule has 4 aliphatic heterocycles. The van der Waals surface area contributed by atoms with Gasteiger partial charge in [0, 0.05) is 236 Å².